The lowest BCUT2D eigenvalue weighted by atomic mass is 10.0. The molecular weight excluding hydrogens is 276 g/mol. The first-order chi connectivity index (χ1) is 8.25. The third-order valence-corrected chi connectivity index (χ3v) is 4.10. The van der Waals surface area contributed by atoms with Gasteiger partial charge in [0.05, 0.1) is 0 Å². The molecule has 0 spiro atoms. The number of nitrogens with one attached hydrogen (secondary N) is 1. The third kappa shape index (κ3) is 4.00. The molecule has 2 nitrogen and oxygen atoms in total. The summed E-state index contributed by atoms with van der Waals surface area (Å²) in [6, 6.07) is 9.17. The third-order valence-electron chi connectivity index (χ3n) is 3.57. The minimum absolute atomic E-state index is 0.770. The highest BCUT2D eigenvalue weighted by atomic mass is 79.9. The zero-order valence-corrected chi connectivity index (χ0v) is 12.0. The maximum absolute atomic E-state index is 3.49. The van der Waals surface area contributed by atoms with E-state index in [4.69, 9.17) is 0 Å². The van der Waals surface area contributed by atoms with E-state index < -0.39 is 0 Å². The Morgan fingerprint density at radius 2 is 2.06 bits per heavy atom. The molecule has 0 bridgehead atoms. The van der Waals surface area contributed by atoms with Crippen molar-refractivity contribution in [3.8, 4) is 0 Å². The van der Waals surface area contributed by atoms with Crippen molar-refractivity contribution in [2.75, 3.05) is 25.5 Å². The Balaban J connectivity index is 1.73. The Morgan fingerprint density at radius 3 is 2.76 bits per heavy atom. The first-order valence-electron chi connectivity index (χ1n) is 6.45. The van der Waals surface area contributed by atoms with Crippen LogP contribution in [0.3, 0.4) is 0 Å². The van der Waals surface area contributed by atoms with Crippen molar-refractivity contribution >= 4 is 21.6 Å². The van der Waals surface area contributed by atoms with Crippen LogP contribution in [0.1, 0.15) is 25.7 Å². The second-order valence-corrected chi connectivity index (χ2v) is 5.77. The molecule has 1 fully saturated rings. The number of hydrogen-bond donors (Lipinski definition) is 1. The maximum atomic E-state index is 3.49. The van der Waals surface area contributed by atoms with Gasteiger partial charge in [0.2, 0.25) is 0 Å². The molecule has 17 heavy (non-hydrogen) atoms. The number of benzene rings is 1. The van der Waals surface area contributed by atoms with Gasteiger partial charge in [0.25, 0.3) is 0 Å². The van der Waals surface area contributed by atoms with E-state index in [1.807, 2.05) is 0 Å². The van der Waals surface area contributed by atoms with Crippen LogP contribution in [-0.4, -0.2) is 31.1 Å². The van der Waals surface area contributed by atoms with E-state index >= 15 is 0 Å². The summed E-state index contributed by atoms with van der Waals surface area (Å²) in [6.45, 7) is 2.33. The van der Waals surface area contributed by atoms with Gasteiger partial charge in [-0.1, -0.05) is 22.4 Å². The number of piperidine rings is 1. The van der Waals surface area contributed by atoms with Gasteiger partial charge < -0.3 is 10.2 Å². The van der Waals surface area contributed by atoms with Crippen molar-refractivity contribution in [1.82, 2.24) is 4.90 Å². The summed E-state index contributed by atoms with van der Waals surface area (Å²) in [5, 5.41) is 3.49. The smallest absolute Gasteiger partial charge is 0.0340 e. The molecule has 1 unspecified atom stereocenters. The number of rotatable bonds is 4. The van der Waals surface area contributed by atoms with Crippen molar-refractivity contribution in [3.63, 3.8) is 0 Å². The molecule has 0 radical (unpaired) electrons. The second kappa shape index (κ2) is 6.41. The fraction of sp³-hybridized carbons (Fsp3) is 0.571. The SMILES string of the molecule is CN1CCCCC1CCNc1ccc(Br)cc1. The van der Waals surface area contributed by atoms with Gasteiger partial charge in [-0.3, -0.25) is 0 Å². The summed E-state index contributed by atoms with van der Waals surface area (Å²) >= 11 is 3.45. The van der Waals surface area contributed by atoms with Crippen LogP contribution in [0.15, 0.2) is 28.7 Å². The molecule has 0 amide bonds. The first-order valence-corrected chi connectivity index (χ1v) is 7.25. The molecule has 1 aliphatic heterocycles. The molecule has 1 aromatic carbocycles. The van der Waals surface area contributed by atoms with Crippen molar-refractivity contribution in [3.05, 3.63) is 28.7 Å². The fourth-order valence-electron chi connectivity index (χ4n) is 2.46. The maximum Gasteiger partial charge on any atom is 0.0340 e. The number of halogens is 1. The number of likely N-dealkylation sites (tertiary alicyclic amines) is 1. The summed E-state index contributed by atoms with van der Waals surface area (Å²) in [5.41, 5.74) is 1.21. The molecular formula is C14H21BrN2. The predicted molar refractivity (Wildman–Crippen MR) is 77.5 cm³/mol. The molecule has 1 saturated heterocycles. The van der Waals surface area contributed by atoms with Crippen molar-refractivity contribution in [1.29, 1.82) is 0 Å². The average molecular weight is 297 g/mol. The quantitative estimate of drug-likeness (QED) is 0.911. The van der Waals surface area contributed by atoms with E-state index in [1.54, 1.807) is 0 Å². The Bertz CT molecular complexity index is 337. The van der Waals surface area contributed by atoms with Gasteiger partial charge in [-0.2, -0.15) is 0 Å². The average Bonchev–Trinajstić information content (AvgIpc) is 2.34. The Labute approximate surface area is 113 Å². The molecule has 0 saturated carbocycles. The first kappa shape index (κ1) is 12.9. The van der Waals surface area contributed by atoms with Crippen molar-refractivity contribution < 1.29 is 0 Å². The number of hydrogen-bond acceptors (Lipinski definition) is 2. The lowest BCUT2D eigenvalue weighted by molar-refractivity contribution is 0.179. The van der Waals surface area contributed by atoms with E-state index in [-0.39, 0.29) is 0 Å². The molecule has 3 heteroatoms. The minimum atomic E-state index is 0.770. The number of nitrogens with zero attached hydrogens (tertiary/aromatic N) is 1. The van der Waals surface area contributed by atoms with Crippen LogP contribution in [0.4, 0.5) is 5.69 Å². The van der Waals surface area contributed by atoms with Gasteiger partial charge >= 0.3 is 0 Å². The van der Waals surface area contributed by atoms with E-state index in [1.165, 1.54) is 37.9 Å². The summed E-state index contributed by atoms with van der Waals surface area (Å²) in [6.07, 6.45) is 5.37. The van der Waals surface area contributed by atoms with Gasteiger partial charge in [-0.15, -0.1) is 0 Å². The summed E-state index contributed by atoms with van der Waals surface area (Å²) in [4.78, 5) is 2.51. The van der Waals surface area contributed by atoms with Crippen LogP contribution in [0.25, 0.3) is 0 Å². The van der Waals surface area contributed by atoms with E-state index in [0.29, 0.717) is 0 Å². The van der Waals surface area contributed by atoms with Crippen LogP contribution in [0.5, 0.6) is 0 Å². The van der Waals surface area contributed by atoms with Gasteiger partial charge in [0.1, 0.15) is 0 Å². The lowest BCUT2D eigenvalue weighted by Gasteiger charge is -2.32. The molecule has 1 heterocycles. The van der Waals surface area contributed by atoms with E-state index in [2.05, 4.69) is 57.5 Å². The monoisotopic (exact) mass is 296 g/mol. The minimum Gasteiger partial charge on any atom is -0.385 e. The molecule has 94 valence electrons. The normalized spacial score (nSPS) is 21.4. The topological polar surface area (TPSA) is 15.3 Å². The second-order valence-electron chi connectivity index (χ2n) is 4.85. The highest BCUT2D eigenvalue weighted by molar-refractivity contribution is 9.10. The van der Waals surface area contributed by atoms with Crippen LogP contribution in [0.2, 0.25) is 0 Å². The highest BCUT2D eigenvalue weighted by Crippen LogP contribution is 2.18. The van der Waals surface area contributed by atoms with Crippen molar-refractivity contribution in [2.24, 2.45) is 0 Å². The summed E-state index contributed by atoms with van der Waals surface area (Å²) in [7, 11) is 2.25. The van der Waals surface area contributed by atoms with Gasteiger partial charge in [0.15, 0.2) is 0 Å². The standard InChI is InChI=1S/C14H21BrN2/c1-17-11-3-2-4-14(17)9-10-16-13-7-5-12(15)6-8-13/h5-8,14,16H,2-4,9-11H2,1H3. The van der Waals surface area contributed by atoms with Crippen LogP contribution in [-0.2, 0) is 0 Å². The van der Waals surface area contributed by atoms with E-state index in [0.717, 1.165) is 17.1 Å². The lowest BCUT2D eigenvalue weighted by Crippen LogP contribution is -2.37. The molecule has 1 atom stereocenters. The van der Waals surface area contributed by atoms with Gasteiger partial charge in [-0.05, 0) is 57.1 Å². The zero-order chi connectivity index (χ0) is 12.1. The summed E-state index contributed by atoms with van der Waals surface area (Å²) < 4.78 is 1.13. The van der Waals surface area contributed by atoms with Gasteiger partial charge in [0, 0.05) is 22.7 Å². The Kier molecular flexibility index (Phi) is 4.86. The highest BCUT2D eigenvalue weighted by Gasteiger charge is 2.17. The molecule has 2 rings (SSSR count). The van der Waals surface area contributed by atoms with Crippen LogP contribution >= 0.6 is 15.9 Å². The summed E-state index contributed by atoms with van der Waals surface area (Å²) in [5.74, 6) is 0. The molecule has 1 aliphatic rings. The zero-order valence-electron chi connectivity index (χ0n) is 10.5. The predicted octanol–water partition coefficient (Wildman–Crippen LogP) is 3.74. The molecule has 0 aromatic heterocycles. The van der Waals surface area contributed by atoms with Crippen LogP contribution in [0, 0.1) is 0 Å². The number of anilines is 1. The van der Waals surface area contributed by atoms with Crippen LogP contribution < -0.4 is 5.32 Å². The van der Waals surface area contributed by atoms with Gasteiger partial charge in [-0.25, -0.2) is 0 Å². The molecule has 1 aromatic rings. The fourth-order valence-corrected chi connectivity index (χ4v) is 2.72. The van der Waals surface area contributed by atoms with Crippen molar-refractivity contribution in [2.45, 2.75) is 31.7 Å². The van der Waals surface area contributed by atoms with E-state index in [9.17, 15) is 0 Å². The Morgan fingerprint density at radius 1 is 1.29 bits per heavy atom. The largest absolute Gasteiger partial charge is 0.385 e. The molecule has 0 aliphatic carbocycles. The Hall–Kier alpha value is -0.540. The molecule has 1 N–H and O–H groups in total.